The van der Waals surface area contributed by atoms with Gasteiger partial charge in [0.05, 0.1) is 12.2 Å². The first-order valence-corrected chi connectivity index (χ1v) is 8.26. The van der Waals surface area contributed by atoms with Gasteiger partial charge in [-0.05, 0) is 43.4 Å². The van der Waals surface area contributed by atoms with Gasteiger partial charge in [-0.1, -0.05) is 6.07 Å². The molecule has 21 heavy (non-hydrogen) atoms. The molecule has 3 fully saturated rings. The number of hydrogen-bond donors (Lipinski definition) is 1. The number of ether oxygens (including phenoxy) is 2. The smallest absolute Gasteiger partial charge is 0.161 e. The van der Waals surface area contributed by atoms with E-state index in [1.807, 2.05) is 0 Å². The van der Waals surface area contributed by atoms with Gasteiger partial charge in [0.2, 0.25) is 0 Å². The van der Waals surface area contributed by atoms with Gasteiger partial charge in [-0.15, -0.1) is 0 Å². The molecule has 0 radical (unpaired) electrons. The number of benzene rings is 1. The molecule has 0 unspecified atom stereocenters. The summed E-state index contributed by atoms with van der Waals surface area (Å²) in [5.41, 5.74) is 1.33. The minimum atomic E-state index is 0.418. The van der Waals surface area contributed by atoms with Crippen molar-refractivity contribution >= 4 is 0 Å². The second-order valence-corrected chi connectivity index (χ2v) is 6.44. The van der Waals surface area contributed by atoms with Crippen LogP contribution in [0.25, 0.3) is 0 Å². The van der Waals surface area contributed by atoms with E-state index in [0.717, 1.165) is 44.2 Å². The van der Waals surface area contributed by atoms with Crippen LogP contribution in [0, 0.1) is 0 Å². The molecule has 1 heterocycles. The van der Waals surface area contributed by atoms with Gasteiger partial charge in [0.25, 0.3) is 0 Å². The van der Waals surface area contributed by atoms with Crippen LogP contribution in [-0.2, 0) is 6.54 Å². The Bertz CT molecular complexity index is 492. The summed E-state index contributed by atoms with van der Waals surface area (Å²) in [4.78, 5) is 2.49. The highest BCUT2D eigenvalue weighted by Crippen LogP contribution is 2.37. The first-order chi connectivity index (χ1) is 10.4. The summed E-state index contributed by atoms with van der Waals surface area (Å²) < 4.78 is 12.0. The van der Waals surface area contributed by atoms with E-state index >= 15 is 0 Å². The zero-order valence-corrected chi connectivity index (χ0v) is 12.5. The van der Waals surface area contributed by atoms with Crippen LogP contribution in [0.3, 0.4) is 0 Å². The predicted octanol–water partition coefficient (Wildman–Crippen LogP) is 2.17. The maximum Gasteiger partial charge on any atom is 0.161 e. The number of hydrogen-bond acceptors (Lipinski definition) is 4. The standard InChI is InChI=1S/C17H24N2O2/c1-6-16(20-14-2-3-14)17(21-15-4-5-15)11-13(1)12-19-9-7-18-8-10-19/h1,6,11,14-15,18H,2-5,7-10,12H2. The van der Waals surface area contributed by atoms with Gasteiger partial charge >= 0.3 is 0 Å². The van der Waals surface area contributed by atoms with Crippen molar-refractivity contribution in [1.29, 1.82) is 0 Å². The minimum absolute atomic E-state index is 0.418. The highest BCUT2D eigenvalue weighted by atomic mass is 16.5. The summed E-state index contributed by atoms with van der Waals surface area (Å²) in [6, 6.07) is 6.49. The maximum atomic E-state index is 6.06. The van der Waals surface area contributed by atoms with E-state index in [9.17, 15) is 0 Å². The number of nitrogens with zero attached hydrogens (tertiary/aromatic N) is 1. The van der Waals surface area contributed by atoms with Crippen LogP contribution >= 0.6 is 0 Å². The third-order valence-corrected chi connectivity index (χ3v) is 4.26. The molecule has 2 saturated carbocycles. The highest BCUT2D eigenvalue weighted by molar-refractivity contribution is 5.43. The van der Waals surface area contributed by atoms with Gasteiger partial charge in [-0.2, -0.15) is 0 Å². The fourth-order valence-electron chi connectivity index (χ4n) is 2.70. The average Bonchev–Trinajstić information content (AvgIpc) is 3.39. The SMILES string of the molecule is c1cc(OC2CC2)c(OC2CC2)cc1CN1CCNCC1. The van der Waals surface area contributed by atoms with E-state index in [0.29, 0.717) is 12.2 Å². The van der Waals surface area contributed by atoms with Crippen LogP contribution in [0.5, 0.6) is 11.5 Å². The third kappa shape index (κ3) is 3.69. The molecular weight excluding hydrogens is 264 g/mol. The average molecular weight is 288 g/mol. The molecule has 1 N–H and O–H groups in total. The lowest BCUT2D eigenvalue weighted by atomic mass is 10.1. The summed E-state index contributed by atoms with van der Waals surface area (Å²) in [7, 11) is 0. The van der Waals surface area contributed by atoms with E-state index in [1.54, 1.807) is 0 Å². The molecule has 2 aliphatic carbocycles. The van der Waals surface area contributed by atoms with E-state index in [4.69, 9.17) is 9.47 Å². The summed E-state index contributed by atoms with van der Waals surface area (Å²) in [5, 5.41) is 3.40. The van der Waals surface area contributed by atoms with E-state index in [1.165, 1.54) is 31.2 Å². The molecule has 0 amide bonds. The number of piperazine rings is 1. The van der Waals surface area contributed by atoms with Crippen molar-refractivity contribution in [3.8, 4) is 11.5 Å². The Labute approximate surface area is 126 Å². The van der Waals surface area contributed by atoms with Gasteiger partial charge in [-0.3, -0.25) is 4.90 Å². The molecule has 1 aliphatic heterocycles. The zero-order valence-electron chi connectivity index (χ0n) is 12.5. The third-order valence-electron chi connectivity index (χ3n) is 4.26. The Morgan fingerprint density at radius 1 is 0.952 bits per heavy atom. The molecule has 0 spiro atoms. The van der Waals surface area contributed by atoms with Crippen molar-refractivity contribution in [3.63, 3.8) is 0 Å². The molecule has 3 aliphatic rings. The summed E-state index contributed by atoms with van der Waals surface area (Å²) in [5.74, 6) is 1.89. The molecule has 0 atom stereocenters. The molecule has 0 bridgehead atoms. The molecule has 4 nitrogen and oxygen atoms in total. The second-order valence-electron chi connectivity index (χ2n) is 6.44. The Morgan fingerprint density at radius 2 is 1.62 bits per heavy atom. The lowest BCUT2D eigenvalue weighted by Crippen LogP contribution is -2.42. The molecule has 1 saturated heterocycles. The topological polar surface area (TPSA) is 33.7 Å². The van der Waals surface area contributed by atoms with Crippen molar-refractivity contribution in [3.05, 3.63) is 23.8 Å². The zero-order chi connectivity index (χ0) is 14.1. The van der Waals surface area contributed by atoms with Crippen LogP contribution in [0.4, 0.5) is 0 Å². The first kappa shape index (κ1) is 13.4. The van der Waals surface area contributed by atoms with Crippen molar-refractivity contribution < 1.29 is 9.47 Å². The summed E-state index contributed by atoms with van der Waals surface area (Å²) >= 11 is 0. The summed E-state index contributed by atoms with van der Waals surface area (Å²) in [6.45, 7) is 5.44. The predicted molar refractivity (Wildman–Crippen MR) is 81.9 cm³/mol. The number of nitrogens with one attached hydrogen (secondary N) is 1. The Balaban J connectivity index is 1.47. The Kier molecular flexibility index (Phi) is 3.74. The van der Waals surface area contributed by atoms with Gasteiger partial charge in [0, 0.05) is 32.7 Å². The lowest BCUT2D eigenvalue weighted by molar-refractivity contribution is 0.231. The fourth-order valence-corrected chi connectivity index (χ4v) is 2.70. The van der Waals surface area contributed by atoms with E-state index < -0.39 is 0 Å². The van der Waals surface area contributed by atoms with Crippen molar-refractivity contribution in [2.45, 2.75) is 44.4 Å². The number of rotatable bonds is 6. The van der Waals surface area contributed by atoms with E-state index in [-0.39, 0.29) is 0 Å². The highest BCUT2D eigenvalue weighted by Gasteiger charge is 2.28. The monoisotopic (exact) mass is 288 g/mol. The maximum absolute atomic E-state index is 6.06. The molecule has 1 aromatic carbocycles. The normalized spacial score (nSPS) is 23.0. The molecular formula is C17H24N2O2. The van der Waals surface area contributed by atoms with Gasteiger partial charge in [0.15, 0.2) is 11.5 Å². The largest absolute Gasteiger partial charge is 0.487 e. The first-order valence-electron chi connectivity index (χ1n) is 8.26. The second kappa shape index (κ2) is 5.85. The van der Waals surface area contributed by atoms with Crippen molar-refractivity contribution in [2.24, 2.45) is 0 Å². The van der Waals surface area contributed by atoms with Gasteiger partial charge in [-0.25, -0.2) is 0 Å². The Morgan fingerprint density at radius 3 is 2.29 bits per heavy atom. The van der Waals surface area contributed by atoms with Crippen LogP contribution in [0.2, 0.25) is 0 Å². The molecule has 0 aromatic heterocycles. The quantitative estimate of drug-likeness (QED) is 0.870. The van der Waals surface area contributed by atoms with Crippen molar-refractivity contribution in [2.75, 3.05) is 26.2 Å². The van der Waals surface area contributed by atoms with Gasteiger partial charge < -0.3 is 14.8 Å². The molecule has 4 heteroatoms. The fraction of sp³-hybridized carbons (Fsp3) is 0.647. The molecule has 1 aromatic rings. The van der Waals surface area contributed by atoms with Crippen LogP contribution in [0.1, 0.15) is 31.2 Å². The molecule has 4 rings (SSSR count). The minimum Gasteiger partial charge on any atom is -0.487 e. The Hall–Kier alpha value is -1.26. The van der Waals surface area contributed by atoms with Crippen LogP contribution < -0.4 is 14.8 Å². The van der Waals surface area contributed by atoms with Crippen molar-refractivity contribution in [1.82, 2.24) is 10.2 Å². The summed E-state index contributed by atoms with van der Waals surface area (Å²) in [6.07, 6.45) is 5.58. The van der Waals surface area contributed by atoms with Gasteiger partial charge in [0.1, 0.15) is 0 Å². The van der Waals surface area contributed by atoms with E-state index in [2.05, 4.69) is 28.4 Å². The van der Waals surface area contributed by atoms with Crippen LogP contribution in [0.15, 0.2) is 18.2 Å². The molecule has 114 valence electrons. The van der Waals surface area contributed by atoms with Crippen LogP contribution in [-0.4, -0.2) is 43.3 Å². The lowest BCUT2D eigenvalue weighted by Gasteiger charge is -2.27.